The van der Waals surface area contributed by atoms with Crippen LogP contribution in [0.1, 0.15) is 37.5 Å². The summed E-state index contributed by atoms with van der Waals surface area (Å²) in [6.45, 7) is 4.21. The van der Waals surface area contributed by atoms with Crippen molar-refractivity contribution in [3.8, 4) is 11.5 Å². The first-order valence-corrected chi connectivity index (χ1v) is 9.94. The molecule has 0 radical (unpaired) electrons. The van der Waals surface area contributed by atoms with Crippen molar-refractivity contribution in [2.24, 2.45) is 0 Å². The van der Waals surface area contributed by atoms with Gasteiger partial charge in [0.15, 0.2) is 0 Å². The van der Waals surface area contributed by atoms with Crippen molar-refractivity contribution in [3.63, 3.8) is 0 Å². The minimum Gasteiger partial charge on any atom is -0.489 e. The van der Waals surface area contributed by atoms with E-state index in [2.05, 4.69) is 6.92 Å². The van der Waals surface area contributed by atoms with Gasteiger partial charge in [-0.3, -0.25) is 4.79 Å². The third-order valence-corrected chi connectivity index (χ3v) is 5.23. The average molecular weight is 387 g/mol. The molecule has 3 aromatic carbocycles. The van der Waals surface area contributed by atoms with E-state index in [9.17, 15) is 4.79 Å². The molecule has 0 unspecified atom stereocenters. The minimum absolute atomic E-state index is 0.0586. The van der Waals surface area contributed by atoms with Gasteiger partial charge in [-0.25, -0.2) is 0 Å². The topological polar surface area (TPSA) is 38.8 Å². The molecule has 0 spiro atoms. The molecule has 1 amide bonds. The summed E-state index contributed by atoms with van der Waals surface area (Å²) < 4.78 is 12.2. The Morgan fingerprint density at radius 3 is 2.31 bits per heavy atom. The number of hydrogen-bond donors (Lipinski definition) is 0. The molecule has 3 aromatic rings. The van der Waals surface area contributed by atoms with Crippen LogP contribution in [0.15, 0.2) is 78.9 Å². The standard InChI is InChI=1S/C25H25NO3/c1-18-16-25(23-10-6-7-11-24(23)26(18)19(2)27)29-22-14-12-21(13-15-22)28-17-20-8-4-3-5-9-20/h3-15,18,25H,16-17H2,1-2H3/t18-,25+/m0/s1. The maximum atomic E-state index is 12.1. The lowest BCUT2D eigenvalue weighted by Gasteiger charge is -2.38. The highest BCUT2D eigenvalue weighted by Crippen LogP contribution is 2.39. The van der Waals surface area contributed by atoms with E-state index in [0.717, 1.165) is 34.7 Å². The molecule has 4 nitrogen and oxygen atoms in total. The van der Waals surface area contributed by atoms with Gasteiger partial charge in [-0.15, -0.1) is 0 Å². The lowest BCUT2D eigenvalue weighted by molar-refractivity contribution is -0.117. The van der Waals surface area contributed by atoms with Gasteiger partial charge < -0.3 is 14.4 Å². The third kappa shape index (κ3) is 4.27. The van der Waals surface area contributed by atoms with E-state index in [1.807, 2.05) is 83.8 Å². The van der Waals surface area contributed by atoms with Crippen LogP contribution in [0, 0.1) is 0 Å². The lowest BCUT2D eigenvalue weighted by atomic mass is 9.93. The average Bonchev–Trinajstić information content (AvgIpc) is 2.74. The van der Waals surface area contributed by atoms with Crippen molar-refractivity contribution in [1.82, 2.24) is 0 Å². The van der Waals surface area contributed by atoms with E-state index in [-0.39, 0.29) is 18.1 Å². The van der Waals surface area contributed by atoms with Crippen LogP contribution in [0.25, 0.3) is 0 Å². The number of fused-ring (bicyclic) bond motifs is 1. The normalized spacial score (nSPS) is 18.1. The number of para-hydroxylation sites is 1. The van der Waals surface area contributed by atoms with Crippen LogP contribution in [-0.2, 0) is 11.4 Å². The van der Waals surface area contributed by atoms with Crippen LogP contribution < -0.4 is 14.4 Å². The summed E-state index contributed by atoms with van der Waals surface area (Å²) in [6, 6.07) is 25.9. The monoisotopic (exact) mass is 387 g/mol. The van der Waals surface area contributed by atoms with Crippen molar-refractivity contribution in [3.05, 3.63) is 90.0 Å². The number of carbonyl (C=O) groups is 1. The summed E-state index contributed by atoms with van der Waals surface area (Å²) in [5, 5.41) is 0. The van der Waals surface area contributed by atoms with Crippen LogP contribution >= 0.6 is 0 Å². The van der Waals surface area contributed by atoms with E-state index in [4.69, 9.17) is 9.47 Å². The first kappa shape index (κ1) is 19.1. The number of hydrogen-bond acceptors (Lipinski definition) is 3. The second-order valence-corrected chi connectivity index (χ2v) is 7.38. The van der Waals surface area contributed by atoms with E-state index in [0.29, 0.717) is 6.61 Å². The van der Waals surface area contributed by atoms with Crippen molar-refractivity contribution < 1.29 is 14.3 Å². The van der Waals surface area contributed by atoms with Gasteiger partial charge in [0, 0.05) is 24.9 Å². The molecule has 29 heavy (non-hydrogen) atoms. The second kappa shape index (κ2) is 8.39. The Labute approximate surface area is 171 Å². The van der Waals surface area contributed by atoms with Crippen molar-refractivity contribution in [2.45, 2.75) is 39.0 Å². The van der Waals surface area contributed by atoms with Gasteiger partial charge in [0.05, 0.1) is 5.69 Å². The Hall–Kier alpha value is -3.27. The molecule has 4 rings (SSSR count). The maximum Gasteiger partial charge on any atom is 0.224 e. The largest absolute Gasteiger partial charge is 0.489 e. The molecule has 148 valence electrons. The molecular formula is C25H25NO3. The Morgan fingerprint density at radius 1 is 0.931 bits per heavy atom. The summed E-state index contributed by atoms with van der Waals surface area (Å²) in [4.78, 5) is 14.0. The highest BCUT2D eigenvalue weighted by molar-refractivity contribution is 5.93. The molecule has 0 saturated carbocycles. The van der Waals surface area contributed by atoms with E-state index in [1.54, 1.807) is 6.92 Å². The number of rotatable bonds is 5. The zero-order chi connectivity index (χ0) is 20.2. The molecule has 1 heterocycles. The number of anilines is 1. The van der Waals surface area contributed by atoms with Gasteiger partial charge in [0.25, 0.3) is 0 Å². The molecule has 0 aliphatic carbocycles. The van der Waals surface area contributed by atoms with E-state index >= 15 is 0 Å². The van der Waals surface area contributed by atoms with Crippen LogP contribution in [0.4, 0.5) is 5.69 Å². The van der Waals surface area contributed by atoms with Crippen LogP contribution in [0.3, 0.4) is 0 Å². The molecule has 4 heteroatoms. The van der Waals surface area contributed by atoms with Gasteiger partial charge in [0.2, 0.25) is 5.91 Å². The predicted octanol–water partition coefficient (Wildman–Crippen LogP) is 5.53. The molecular weight excluding hydrogens is 362 g/mol. The highest BCUT2D eigenvalue weighted by Gasteiger charge is 2.33. The fourth-order valence-corrected chi connectivity index (χ4v) is 3.87. The summed E-state index contributed by atoms with van der Waals surface area (Å²) in [5.41, 5.74) is 3.12. The summed E-state index contributed by atoms with van der Waals surface area (Å²) >= 11 is 0. The molecule has 0 fully saturated rings. The summed E-state index contributed by atoms with van der Waals surface area (Å²) in [7, 11) is 0. The Balaban J connectivity index is 1.46. The van der Waals surface area contributed by atoms with Crippen molar-refractivity contribution in [1.29, 1.82) is 0 Å². The molecule has 1 aliphatic heterocycles. The Bertz CT molecular complexity index is 969. The fraction of sp³-hybridized carbons (Fsp3) is 0.240. The van der Waals surface area contributed by atoms with Crippen molar-refractivity contribution in [2.75, 3.05) is 4.90 Å². The SMILES string of the molecule is CC(=O)N1c2ccccc2[C@H](Oc2ccc(OCc3ccccc3)cc2)C[C@@H]1C. The molecule has 2 atom stereocenters. The Kier molecular flexibility index (Phi) is 5.52. The first-order chi connectivity index (χ1) is 14.1. The zero-order valence-electron chi connectivity index (χ0n) is 16.7. The quantitative estimate of drug-likeness (QED) is 0.578. The number of carbonyl (C=O) groups excluding carboxylic acids is 1. The molecule has 0 aromatic heterocycles. The zero-order valence-corrected chi connectivity index (χ0v) is 16.7. The second-order valence-electron chi connectivity index (χ2n) is 7.38. The van der Waals surface area contributed by atoms with Crippen LogP contribution in [0.5, 0.6) is 11.5 Å². The van der Waals surface area contributed by atoms with Gasteiger partial charge >= 0.3 is 0 Å². The first-order valence-electron chi connectivity index (χ1n) is 9.94. The lowest BCUT2D eigenvalue weighted by Crippen LogP contribution is -2.42. The van der Waals surface area contributed by atoms with E-state index < -0.39 is 0 Å². The smallest absolute Gasteiger partial charge is 0.224 e. The van der Waals surface area contributed by atoms with E-state index in [1.165, 1.54) is 0 Å². The molecule has 0 N–H and O–H groups in total. The highest BCUT2D eigenvalue weighted by atomic mass is 16.5. The number of amides is 1. The molecule has 1 aliphatic rings. The Morgan fingerprint density at radius 2 is 1.59 bits per heavy atom. The van der Waals surface area contributed by atoms with Gasteiger partial charge in [0.1, 0.15) is 24.2 Å². The van der Waals surface area contributed by atoms with Gasteiger partial charge in [-0.2, -0.15) is 0 Å². The molecule has 0 saturated heterocycles. The summed E-state index contributed by atoms with van der Waals surface area (Å²) in [6.07, 6.45) is 0.663. The number of ether oxygens (including phenoxy) is 2. The summed E-state index contributed by atoms with van der Waals surface area (Å²) in [5.74, 6) is 1.66. The number of benzene rings is 3. The minimum atomic E-state index is -0.0899. The maximum absolute atomic E-state index is 12.1. The fourth-order valence-electron chi connectivity index (χ4n) is 3.87. The number of nitrogens with zero attached hydrogens (tertiary/aromatic N) is 1. The van der Waals surface area contributed by atoms with Gasteiger partial charge in [-0.1, -0.05) is 48.5 Å². The third-order valence-electron chi connectivity index (χ3n) is 5.23. The van der Waals surface area contributed by atoms with Crippen LogP contribution in [-0.4, -0.2) is 11.9 Å². The molecule has 0 bridgehead atoms. The van der Waals surface area contributed by atoms with Crippen molar-refractivity contribution >= 4 is 11.6 Å². The predicted molar refractivity (Wildman–Crippen MR) is 114 cm³/mol. The van der Waals surface area contributed by atoms with Crippen LogP contribution in [0.2, 0.25) is 0 Å². The van der Waals surface area contributed by atoms with Gasteiger partial charge in [-0.05, 0) is 42.8 Å².